The van der Waals surface area contributed by atoms with E-state index < -0.39 is 17.6 Å². The Morgan fingerprint density at radius 2 is 1.72 bits per heavy atom. The zero-order valence-electron chi connectivity index (χ0n) is 16.9. The molecule has 0 fully saturated rings. The molecule has 0 atom stereocenters. The number of rotatable bonds is 3. The molecule has 2 aromatic carbocycles. The summed E-state index contributed by atoms with van der Waals surface area (Å²) in [5.74, 6) is 0.489. The summed E-state index contributed by atoms with van der Waals surface area (Å²) in [6, 6.07) is 9.57. The van der Waals surface area contributed by atoms with Crippen molar-refractivity contribution in [3.05, 3.63) is 65.1 Å². The lowest BCUT2D eigenvalue weighted by Crippen LogP contribution is -2.11. The first-order valence-corrected chi connectivity index (χ1v) is 10.4. The van der Waals surface area contributed by atoms with Crippen LogP contribution in [0.1, 0.15) is 36.1 Å². The molecule has 5 rings (SSSR count). The number of anilines is 2. The van der Waals surface area contributed by atoms with Gasteiger partial charge in [0.1, 0.15) is 11.6 Å². The standard InChI is InChI=1S/C23H19F4N5/c24-13-10-11-16-19(12-13)31-32-22(16)30-21-15-7-2-1-3-9-18(15)28-20(29-21)14-6-4-5-8-17(14)23(25,26)27/h4-6,8,10-12H,1-3,7,9H2,(H2,28,29,30,31,32). The second-order valence-corrected chi connectivity index (χ2v) is 7.81. The molecule has 2 aromatic heterocycles. The Morgan fingerprint density at radius 1 is 0.906 bits per heavy atom. The van der Waals surface area contributed by atoms with Gasteiger partial charge in [0.2, 0.25) is 0 Å². The third-order valence-corrected chi connectivity index (χ3v) is 5.67. The van der Waals surface area contributed by atoms with Crippen LogP contribution in [-0.2, 0) is 19.0 Å². The van der Waals surface area contributed by atoms with Crippen LogP contribution in [0.3, 0.4) is 0 Å². The highest BCUT2D eigenvalue weighted by molar-refractivity contribution is 5.91. The number of alkyl halides is 3. The van der Waals surface area contributed by atoms with Gasteiger partial charge >= 0.3 is 6.18 Å². The lowest BCUT2D eigenvalue weighted by Gasteiger charge is -2.16. The highest BCUT2D eigenvalue weighted by Crippen LogP contribution is 2.38. The van der Waals surface area contributed by atoms with Gasteiger partial charge in [-0.25, -0.2) is 14.4 Å². The van der Waals surface area contributed by atoms with Crippen molar-refractivity contribution in [2.24, 2.45) is 0 Å². The molecular formula is C23H19F4N5. The Morgan fingerprint density at radius 3 is 2.56 bits per heavy atom. The highest BCUT2D eigenvalue weighted by Gasteiger charge is 2.34. The van der Waals surface area contributed by atoms with Crippen LogP contribution in [0.5, 0.6) is 0 Å². The molecule has 0 radical (unpaired) electrons. The third-order valence-electron chi connectivity index (χ3n) is 5.67. The summed E-state index contributed by atoms with van der Waals surface area (Å²) in [5, 5.41) is 10.8. The molecule has 0 aliphatic heterocycles. The maximum Gasteiger partial charge on any atom is 0.417 e. The first-order valence-electron chi connectivity index (χ1n) is 10.4. The topological polar surface area (TPSA) is 66.5 Å². The molecule has 2 heterocycles. The molecule has 1 aliphatic rings. The van der Waals surface area contributed by atoms with E-state index in [1.165, 1.54) is 24.3 Å². The van der Waals surface area contributed by atoms with E-state index in [4.69, 9.17) is 0 Å². The van der Waals surface area contributed by atoms with E-state index in [0.717, 1.165) is 43.0 Å². The van der Waals surface area contributed by atoms with E-state index in [9.17, 15) is 17.6 Å². The van der Waals surface area contributed by atoms with Crippen molar-refractivity contribution in [2.45, 2.75) is 38.3 Å². The second-order valence-electron chi connectivity index (χ2n) is 7.81. The quantitative estimate of drug-likeness (QED) is 0.294. The van der Waals surface area contributed by atoms with Crippen molar-refractivity contribution in [3.8, 4) is 11.4 Å². The molecule has 1 aliphatic carbocycles. The monoisotopic (exact) mass is 441 g/mol. The molecule has 5 nitrogen and oxygen atoms in total. The molecular weight excluding hydrogens is 422 g/mol. The van der Waals surface area contributed by atoms with E-state index in [2.05, 4.69) is 25.5 Å². The molecule has 0 saturated carbocycles. The lowest BCUT2D eigenvalue weighted by molar-refractivity contribution is -0.137. The summed E-state index contributed by atoms with van der Waals surface area (Å²) in [6.07, 6.45) is -0.280. The van der Waals surface area contributed by atoms with Gasteiger partial charge < -0.3 is 5.32 Å². The van der Waals surface area contributed by atoms with Crippen molar-refractivity contribution in [2.75, 3.05) is 5.32 Å². The predicted molar refractivity (Wildman–Crippen MR) is 113 cm³/mol. The van der Waals surface area contributed by atoms with Crippen molar-refractivity contribution in [1.29, 1.82) is 0 Å². The van der Waals surface area contributed by atoms with Gasteiger partial charge in [0.05, 0.1) is 11.1 Å². The zero-order chi connectivity index (χ0) is 22.3. The van der Waals surface area contributed by atoms with Crippen molar-refractivity contribution >= 4 is 22.5 Å². The second kappa shape index (κ2) is 7.89. The van der Waals surface area contributed by atoms with E-state index >= 15 is 0 Å². The van der Waals surface area contributed by atoms with Gasteiger partial charge in [-0.15, -0.1) is 0 Å². The number of benzene rings is 2. The molecule has 0 bridgehead atoms. The first-order chi connectivity index (χ1) is 15.4. The molecule has 9 heteroatoms. The van der Waals surface area contributed by atoms with Gasteiger partial charge in [-0.1, -0.05) is 24.6 Å². The van der Waals surface area contributed by atoms with Gasteiger partial charge in [-0.3, -0.25) is 5.10 Å². The molecule has 0 unspecified atom stereocenters. The Balaban J connectivity index is 1.65. The summed E-state index contributed by atoms with van der Waals surface area (Å²) in [5.41, 5.74) is 1.30. The fourth-order valence-electron chi connectivity index (χ4n) is 4.12. The SMILES string of the molecule is Fc1ccc2c(Nc3nc(-c4ccccc4C(F)(F)F)nc4c3CCCCC4)n[nH]c2c1. The molecule has 4 aromatic rings. The smallest absolute Gasteiger partial charge is 0.323 e. The highest BCUT2D eigenvalue weighted by atomic mass is 19.4. The number of aryl methyl sites for hydroxylation is 1. The minimum absolute atomic E-state index is 0.0203. The van der Waals surface area contributed by atoms with Crippen LogP contribution in [0.25, 0.3) is 22.3 Å². The van der Waals surface area contributed by atoms with Crippen molar-refractivity contribution in [1.82, 2.24) is 20.2 Å². The van der Waals surface area contributed by atoms with Crippen molar-refractivity contribution in [3.63, 3.8) is 0 Å². The predicted octanol–water partition coefficient (Wildman–Crippen LogP) is 6.19. The van der Waals surface area contributed by atoms with Crippen LogP contribution < -0.4 is 5.32 Å². The Labute approximate surface area is 180 Å². The summed E-state index contributed by atoms with van der Waals surface area (Å²) >= 11 is 0. The van der Waals surface area contributed by atoms with Gasteiger partial charge in [0.15, 0.2) is 11.6 Å². The normalized spacial score (nSPS) is 14.2. The third kappa shape index (κ3) is 3.79. The fraction of sp³-hybridized carbons (Fsp3) is 0.261. The Kier molecular flexibility index (Phi) is 5.03. The number of hydrogen-bond donors (Lipinski definition) is 2. The minimum atomic E-state index is -4.52. The number of nitrogens with zero attached hydrogens (tertiary/aromatic N) is 3. The van der Waals surface area contributed by atoms with E-state index in [0.29, 0.717) is 29.0 Å². The van der Waals surface area contributed by atoms with Crippen LogP contribution in [0.15, 0.2) is 42.5 Å². The van der Waals surface area contributed by atoms with Gasteiger partial charge in [-0.05, 0) is 49.9 Å². The summed E-state index contributed by atoms with van der Waals surface area (Å²) in [4.78, 5) is 9.07. The average Bonchev–Trinajstić information content (AvgIpc) is 2.99. The maximum atomic E-state index is 13.6. The Bertz CT molecular complexity index is 1300. The number of aromatic amines is 1. The van der Waals surface area contributed by atoms with E-state index in [1.54, 1.807) is 12.1 Å². The molecule has 0 saturated heterocycles. The zero-order valence-corrected chi connectivity index (χ0v) is 16.9. The number of aromatic nitrogens is 4. The van der Waals surface area contributed by atoms with Crippen LogP contribution >= 0.6 is 0 Å². The first kappa shape index (κ1) is 20.4. The Hall–Kier alpha value is -3.49. The molecule has 2 N–H and O–H groups in total. The minimum Gasteiger partial charge on any atom is -0.323 e. The maximum absolute atomic E-state index is 13.6. The van der Waals surface area contributed by atoms with Crippen LogP contribution in [0.2, 0.25) is 0 Å². The fourth-order valence-corrected chi connectivity index (χ4v) is 4.12. The van der Waals surface area contributed by atoms with Gasteiger partial charge in [-0.2, -0.15) is 18.3 Å². The summed E-state index contributed by atoms with van der Waals surface area (Å²) in [7, 11) is 0. The molecule has 0 amide bonds. The molecule has 164 valence electrons. The average molecular weight is 441 g/mol. The number of nitrogens with one attached hydrogen (secondary N) is 2. The molecule has 32 heavy (non-hydrogen) atoms. The number of halogens is 4. The number of H-pyrrole nitrogens is 1. The van der Waals surface area contributed by atoms with Crippen molar-refractivity contribution < 1.29 is 17.6 Å². The van der Waals surface area contributed by atoms with E-state index in [-0.39, 0.29) is 11.4 Å². The van der Waals surface area contributed by atoms with Crippen LogP contribution in [0.4, 0.5) is 29.2 Å². The number of hydrogen-bond acceptors (Lipinski definition) is 4. The molecule has 0 spiro atoms. The van der Waals surface area contributed by atoms with Gasteiger partial charge in [0.25, 0.3) is 0 Å². The lowest BCUT2D eigenvalue weighted by atomic mass is 10.0. The van der Waals surface area contributed by atoms with Crippen LogP contribution in [-0.4, -0.2) is 20.2 Å². The van der Waals surface area contributed by atoms with E-state index in [1.807, 2.05) is 0 Å². The number of fused-ring (bicyclic) bond motifs is 2. The largest absolute Gasteiger partial charge is 0.417 e. The summed E-state index contributed by atoms with van der Waals surface area (Å²) < 4.78 is 54.4. The van der Waals surface area contributed by atoms with Gasteiger partial charge in [0, 0.05) is 22.2 Å². The van der Waals surface area contributed by atoms with Crippen LogP contribution in [0, 0.1) is 5.82 Å². The summed E-state index contributed by atoms with van der Waals surface area (Å²) in [6.45, 7) is 0.